The highest BCUT2D eigenvalue weighted by Gasteiger charge is 2.11. The third-order valence-corrected chi connectivity index (χ3v) is 3.08. The normalized spacial score (nSPS) is 10.9. The van der Waals surface area contributed by atoms with Crippen molar-refractivity contribution in [3.63, 3.8) is 0 Å². The highest BCUT2D eigenvalue weighted by atomic mass is 32.1. The molecule has 0 bridgehead atoms. The molecule has 0 saturated heterocycles. The zero-order valence-corrected chi connectivity index (χ0v) is 9.81. The number of methoxy groups -OCH3 is 1. The van der Waals surface area contributed by atoms with E-state index in [0.29, 0.717) is 15.9 Å². The van der Waals surface area contributed by atoms with E-state index in [1.54, 1.807) is 11.6 Å². The number of hydrogen-bond donors (Lipinski definition) is 1. The van der Waals surface area contributed by atoms with Crippen LogP contribution in [0, 0.1) is 0 Å². The fourth-order valence-corrected chi connectivity index (χ4v) is 2.16. The molecular formula is C10H9N5OS. The van der Waals surface area contributed by atoms with Crippen molar-refractivity contribution >= 4 is 21.4 Å². The smallest absolute Gasteiger partial charge is 0.236 e. The first-order valence-electron chi connectivity index (χ1n) is 4.90. The zero-order valence-electron chi connectivity index (χ0n) is 8.99. The van der Waals surface area contributed by atoms with E-state index >= 15 is 0 Å². The van der Waals surface area contributed by atoms with Gasteiger partial charge < -0.3 is 10.5 Å². The number of aromatic nitrogens is 4. The Hall–Kier alpha value is -2.15. The number of ether oxygens (including phenoxy) is 1. The van der Waals surface area contributed by atoms with Crippen LogP contribution >= 0.6 is 11.3 Å². The molecule has 0 unspecified atom stereocenters. The summed E-state index contributed by atoms with van der Waals surface area (Å²) in [4.78, 5) is 0.688. The van der Waals surface area contributed by atoms with Crippen molar-refractivity contribution in [3.05, 3.63) is 24.3 Å². The van der Waals surface area contributed by atoms with E-state index in [-0.39, 0.29) is 0 Å². The van der Waals surface area contributed by atoms with E-state index in [2.05, 4.69) is 15.3 Å². The fourth-order valence-electron chi connectivity index (χ4n) is 1.55. The van der Waals surface area contributed by atoms with Crippen molar-refractivity contribution in [2.24, 2.45) is 0 Å². The Morgan fingerprint density at radius 2 is 2.00 bits per heavy atom. The molecule has 0 aliphatic heterocycles. The average molecular weight is 247 g/mol. The molecule has 3 rings (SSSR count). The highest BCUT2D eigenvalue weighted by Crippen LogP contribution is 2.23. The molecular weight excluding hydrogens is 238 g/mol. The molecule has 0 atom stereocenters. The Bertz CT molecular complexity index is 657. The lowest BCUT2D eigenvalue weighted by Gasteiger charge is -2.00. The van der Waals surface area contributed by atoms with Gasteiger partial charge in [-0.15, -0.1) is 15.3 Å². The van der Waals surface area contributed by atoms with E-state index in [1.165, 1.54) is 11.3 Å². The zero-order chi connectivity index (χ0) is 11.8. The summed E-state index contributed by atoms with van der Waals surface area (Å²) in [7, 11) is 1.63. The molecule has 2 N–H and O–H groups in total. The molecule has 0 radical (unpaired) electrons. The molecule has 0 spiro atoms. The van der Waals surface area contributed by atoms with Gasteiger partial charge in [0.2, 0.25) is 10.1 Å². The number of fused-ring (bicyclic) bond motifs is 1. The largest absolute Gasteiger partial charge is 0.497 e. The molecule has 2 heterocycles. The number of anilines is 1. The van der Waals surface area contributed by atoms with E-state index < -0.39 is 0 Å². The molecule has 2 aromatic heterocycles. The maximum absolute atomic E-state index is 5.63. The van der Waals surface area contributed by atoms with Gasteiger partial charge in [0.25, 0.3) is 0 Å². The van der Waals surface area contributed by atoms with Crippen LogP contribution in [0.25, 0.3) is 16.3 Å². The van der Waals surface area contributed by atoms with Crippen molar-refractivity contribution in [1.29, 1.82) is 0 Å². The number of nitrogens with zero attached hydrogens (tertiary/aromatic N) is 4. The molecule has 0 saturated carbocycles. The number of benzene rings is 1. The summed E-state index contributed by atoms with van der Waals surface area (Å²) >= 11 is 1.31. The molecule has 0 fully saturated rings. The number of nitrogens with two attached hydrogens (primary N) is 1. The summed E-state index contributed by atoms with van der Waals surface area (Å²) in [5, 5.41) is 12.7. The fraction of sp³-hybridized carbons (Fsp3) is 0.100. The van der Waals surface area contributed by atoms with E-state index in [9.17, 15) is 0 Å². The minimum atomic E-state index is 0.477. The Labute approximate surface area is 101 Å². The van der Waals surface area contributed by atoms with Crippen LogP contribution in [0.1, 0.15) is 0 Å². The van der Waals surface area contributed by atoms with Crippen molar-refractivity contribution < 1.29 is 4.74 Å². The third kappa shape index (κ3) is 1.60. The van der Waals surface area contributed by atoms with E-state index in [4.69, 9.17) is 10.5 Å². The minimum Gasteiger partial charge on any atom is -0.497 e. The van der Waals surface area contributed by atoms with Crippen LogP contribution in [0.4, 0.5) is 5.13 Å². The summed E-state index contributed by atoms with van der Waals surface area (Å²) in [5.74, 6) is 1.47. The van der Waals surface area contributed by atoms with Gasteiger partial charge in [-0.25, -0.2) is 0 Å². The molecule has 3 aromatic rings. The molecule has 1 aromatic carbocycles. The van der Waals surface area contributed by atoms with Crippen LogP contribution in [0.3, 0.4) is 0 Å². The van der Waals surface area contributed by atoms with Gasteiger partial charge in [0.05, 0.1) is 7.11 Å². The maximum Gasteiger partial charge on any atom is 0.236 e. The molecule has 17 heavy (non-hydrogen) atoms. The lowest BCUT2D eigenvalue weighted by atomic mass is 10.2. The summed E-state index contributed by atoms with van der Waals surface area (Å²) in [6.07, 6.45) is 0. The predicted molar refractivity (Wildman–Crippen MR) is 65.1 cm³/mol. The first-order chi connectivity index (χ1) is 8.28. The van der Waals surface area contributed by atoms with Gasteiger partial charge in [-0.2, -0.15) is 4.52 Å². The first-order valence-corrected chi connectivity index (χ1v) is 5.72. The van der Waals surface area contributed by atoms with Crippen molar-refractivity contribution in [1.82, 2.24) is 19.8 Å². The first kappa shape index (κ1) is 10.0. The second-order valence-electron chi connectivity index (χ2n) is 3.39. The number of nitrogen functional groups attached to an aromatic ring is 1. The average Bonchev–Trinajstić information content (AvgIpc) is 2.88. The monoisotopic (exact) mass is 247 g/mol. The quantitative estimate of drug-likeness (QED) is 0.741. The molecule has 0 aliphatic rings. The molecule has 7 heteroatoms. The van der Waals surface area contributed by atoms with Crippen molar-refractivity contribution in [2.75, 3.05) is 12.8 Å². The van der Waals surface area contributed by atoms with Gasteiger partial charge in [0.1, 0.15) is 5.75 Å². The minimum absolute atomic E-state index is 0.477. The standard InChI is InChI=1S/C10H9N5OS/c1-16-7-4-2-6(3-5-7)8-12-13-10-15(8)14-9(11)17-10/h2-5H,1H3,(H2,11,14). The Balaban J connectivity index is 2.12. The summed E-state index contributed by atoms with van der Waals surface area (Å²) in [6, 6.07) is 7.55. The Morgan fingerprint density at radius 3 is 2.71 bits per heavy atom. The Kier molecular flexibility index (Phi) is 2.19. The second kappa shape index (κ2) is 3.70. The van der Waals surface area contributed by atoms with Crippen LogP contribution in [0.2, 0.25) is 0 Å². The van der Waals surface area contributed by atoms with Gasteiger partial charge in [0.15, 0.2) is 5.82 Å². The van der Waals surface area contributed by atoms with Gasteiger partial charge in [-0.05, 0) is 24.3 Å². The van der Waals surface area contributed by atoms with Gasteiger partial charge in [-0.1, -0.05) is 11.3 Å². The number of rotatable bonds is 2. The van der Waals surface area contributed by atoms with Crippen LogP contribution in [0.5, 0.6) is 5.75 Å². The van der Waals surface area contributed by atoms with Crippen LogP contribution in [0.15, 0.2) is 24.3 Å². The van der Waals surface area contributed by atoms with Crippen molar-refractivity contribution in [3.8, 4) is 17.1 Å². The van der Waals surface area contributed by atoms with Gasteiger partial charge in [-0.3, -0.25) is 0 Å². The molecule has 0 amide bonds. The maximum atomic E-state index is 5.63. The van der Waals surface area contributed by atoms with Crippen molar-refractivity contribution in [2.45, 2.75) is 0 Å². The number of hydrogen-bond acceptors (Lipinski definition) is 6. The van der Waals surface area contributed by atoms with Crippen LogP contribution in [-0.4, -0.2) is 26.9 Å². The SMILES string of the molecule is COc1ccc(-c2nnc3sc(N)nn23)cc1. The van der Waals surface area contributed by atoms with Gasteiger partial charge >= 0.3 is 0 Å². The molecule has 6 nitrogen and oxygen atoms in total. The lowest BCUT2D eigenvalue weighted by molar-refractivity contribution is 0.415. The molecule has 86 valence electrons. The van der Waals surface area contributed by atoms with Crippen LogP contribution in [-0.2, 0) is 0 Å². The topological polar surface area (TPSA) is 78.3 Å². The third-order valence-electron chi connectivity index (χ3n) is 2.35. The second-order valence-corrected chi connectivity index (χ2v) is 4.37. The van der Waals surface area contributed by atoms with E-state index in [1.807, 2.05) is 24.3 Å². The van der Waals surface area contributed by atoms with E-state index in [0.717, 1.165) is 11.3 Å². The highest BCUT2D eigenvalue weighted by molar-refractivity contribution is 7.20. The molecule has 0 aliphatic carbocycles. The predicted octanol–water partition coefficient (Wildman–Crippen LogP) is 1.44. The lowest BCUT2D eigenvalue weighted by Crippen LogP contribution is -1.92. The van der Waals surface area contributed by atoms with Gasteiger partial charge in [0, 0.05) is 5.56 Å². The summed E-state index contributed by atoms with van der Waals surface area (Å²) < 4.78 is 6.74. The summed E-state index contributed by atoms with van der Waals surface area (Å²) in [5.41, 5.74) is 6.55. The van der Waals surface area contributed by atoms with Crippen LogP contribution < -0.4 is 10.5 Å². The summed E-state index contributed by atoms with van der Waals surface area (Å²) in [6.45, 7) is 0. The Morgan fingerprint density at radius 1 is 1.24 bits per heavy atom.